The zero-order valence-corrected chi connectivity index (χ0v) is 16.8. The van der Waals surface area contributed by atoms with E-state index in [4.69, 9.17) is 25.8 Å². The first-order valence-corrected chi connectivity index (χ1v) is 9.95. The minimum absolute atomic E-state index is 0.0408. The van der Waals surface area contributed by atoms with E-state index < -0.39 is 11.4 Å². The number of methoxy groups -OCH3 is 1. The summed E-state index contributed by atoms with van der Waals surface area (Å²) in [5.41, 5.74) is 0.475. The molecule has 1 atom stereocenters. The molecule has 7 nitrogen and oxygen atoms in total. The molecule has 1 fully saturated rings. The highest BCUT2D eigenvalue weighted by atomic mass is 35.5. The van der Waals surface area contributed by atoms with Gasteiger partial charge in [-0.1, -0.05) is 11.6 Å². The Morgan fingerprint density at radius 1 is 1.31 bits per heavy atom. The van der Waals surface area contributed by atoms with Crippen LogP contribution in [0.4, 0.5) is 0 Å². The minimum atomic E-state index is -1.23. The molecule has 1 aromatic heterocycles. The summed E-state index contributed by atoms with van der Waals surface area (Å²) >= 11 is 6.43. The third-order valence-electron chi connectivity index (χ3n) is 5.30. The zero-order chi connectivity index (χ0) is 20.5. The van der Waals surface area contributed by atoms with Gasteiger partial charge in [-0.05, 0) is 24.8 Å². The predicted octanol–water partition coefficient (Wildman–Crippen LogP) is 3.63. The van der Waals surface area contributed by atoms with E-state index in [2.05, 4.69) is 0 Å². The number of carboxylic acid groups (broad SMARTS) is 1. The molecule has 1 aromatic carbocycles. The number of nitrogens with zero attached hydrogens (tertiary/aromatic N) is 1. The van der Waals surface area contributed by atoms with Crippen LogP contribution in [0.5, 0.6) is 11.5 Å². The molecule has 29 heavy (non-hydrogen) atoms. The molecule has 154 valence electrons. The van der Waals surface area contributed by atoms with Gasteiger partial charge in [0.15, 0.2) is 5.43 Å². The quantitative estimate of drug-likeness (QED) is 0.689. The molecule has 0 spiro atoms. The second-order valence-electron chi connectivity index (χ2n) is 7.34. The number of carbonyl (C=O) groups is 1. The molecule has 2 aliphatic rings. The third-order valence-corrected chi connectivity index (χ3v) is 5.60. The summed E-state index contributed by atoms with van der Waals surface area (Å²) in [5, 5.41) is 9.78. The summed E-state index contributed by atoms with van der Waals surface area (Å²) < 4.78 is 18.7. The molecule has 0 bridgehead atoms. The zero-order valence-electron chi connectivity index (χ0n) is 16.0. The van der Waals surface area contributed by atoms with Crippen molar-refractivity contribution in [2.24, 2.45) is 5.92 Å². The van der Waals surface area contributed by atoms with E-state index >= 15 is 0 Å². The van der Waals surface area contributed by atoms with Crippen LogP contribution in [0.25, 0.3) is 11.3 Å². The number of aromatic carboxylic acids is 1. The molecule has 0 saturated heterocycles. The Bertz CT molecular complexity index is 997. The minimum Gasteiger partial charge on any atom is -0.492 e. The van der Waals surface area contributed by atoms with Gasteiger partial charge in [-0.3, -0.25) is 4.79 Å². The lowest BCUT2D eigenvalue weighted by Crippen LogP contribution is -2.24. The molecule has 4 rings (SSSR count). The SMILES string of the molecule is COCCCOc1cc2c(cc1Cl)-c1cc(=O)c(C(=O)O)cn1[C@H](C1CC1)CO2. The van der Waals surface area contributed by atoms with Crippen LogP contribution in [-0.2, 0) is 4.74 Å². The molecular formula is C21H22ClNO6. The van der Waals surface area contributed by atoms with Crippen molar-refractivity contribution in [1.29, 1.82) is 0 Å². The van der Waals surface area contributed by atoms with Crippen LogP contribution < -0.4 is 14.9 Å². The number of rotatable bonds is 7. The topological polar surface area (TPSA) is 87.0 Å². The van der Waals surface area contributed by atoms with Crippen molar-refractivity contribution in [2.75, 3.05) is 26.9 Å². The van der Waals surface area contributed by atoms with E-state index in [0.29, 0.717) is 53.5 Å². The highest BCUT2D eigenvalue weighted by molar-refractivity contribution is 6.32. The average Bonchev–Trinajstić information content (AvgIpc) is 3.52. The van der Waals surface area contributed by atoms with Gasteiger partial charge in [0.1, 0.15) is 23.7 Å². The van der Waals surface area contributed by atoms with E-state index in [1.54, 1.807) is 19.2 Å². The van der Waals surface area contributed by atoms with Crippen molar-refractivity contribution >= 4 is 17.6 Å². The van der Waals surface area contributed by atoms with Gasteiger partial charge in [-0.2, -0.15) is 0 Å². The highest BCUT2D eigenvalue weighted by Crippen LogP contribution is 2.46. The van der Waals surface area contributed by atoms with Crippen LogP contribution in [0.3, 0.4) is 0 Å². The maximum atomic E-state index is 12.4. The van der Waals surface area contributed by atoms with Crippen LogP contribution in [0.1, 0.15) is 35.7 Å². The smallest absolute Gasteiger partial charge is 0.341 e. The Labute approximate surface area is 172 Å². The van der Waals surface area contributed by atoms with Crippen molar-refractivity contribution in [3.05, 3.63) is 45.2 Å². The highest BCUT2D eigenvalue weighted by Gasteiger charge is 2.36. The number of benzene rings is 1. The maximum Gasteiger partial charge on any atom is 0.341 e. The van der Waals surface area contributed by atoms with Crippen molar-refractivity contribution in [3.8, 4) is 22.8 Å². The number of hydrogen-bond donors (Lipinski definition) is 1. The van der Waals surface area contributed by atoms with Gasteiger partial charge in [0.05, 0.1) is 23.4 Å². The second-order valence-corrected chi connectivity index (χ2v) is 7.75. The first-order valence-electron chi connectivity index (χ1n) is 9.57. The third kappa shape index (κ3) is 3.97. The average molecular weight is 420 g/mol. The largest absolute Gasteiger partial charge is 0.492 e. The summed E-state index contributed by atoms with van der Waals surface area (Å²) in [7, 11) is 1.63. The fourth-order valence-electron chi connectivity index (χ4n) is 3.65. The number of pyridine rings is 1. The van der Waals surface area contributed by atoms with E-state index in [1.807, 2.05) is 4.57 Å². The lowest BCUT2D eigenvalue weighted by Gasteiger charge is -2.20. The number of ether oxygens (including phenoxy) is 3. The Balaban J connectivity index is 1.77. The Hall–Kier alpha value is -2.51. The summed E-state index contributed by atoms with van der Waals surface area (Å²) in [6.45, 7) is 1.43. The number of halogens is 1. The van der Waals surface area contributed by atoms with Gasteiger partial charge >= 0.3 is 5.97 Å². The molecule has 0 unspecified atom stereocenters. The van der Waals surface area contributed by atoms with E-state index in [1.165, 1.54) is 12.3 Å². The Kier molecular flexibility index (Phi) is 5.52. The number of carboxylic acids is 1. The molecule has 1 N–H and O–H groups in total. The predicted molar refractivity (Wildman–Crippen MR) is 107 cm³/mol. The maximum absolute atomic E-state index is 12.4. The first-order chi connectivity index (χ1) is 14.0. The molecule has 0 radical (unpaired) electrons. The van der Waals surface area contributed by atoms with E-state index in [0.717, 1.165) is 19.3 Å². The summed E-state index contributed by atoms with van der Waals surface area (Å²) in [4.78, 5) is 23.9. The fourth-order valence-corrected chi connectivity index (χ4v) is 3.87. The van der Waals surface area contributed by atoms with Crippen LogP contribution in [0.2, 0.25) is 5.02 Å². The van der Waals surface area contributed by atoms with Crippen LogP contribution in [-0.4, -0.2) is 42.6 Å². The molecule has 8 heteroatoms. The van der Waals surface area contributed by atoms with Gasteiger partial charge in [0.2, 0.25) is 0 Å². The molecule has 2 heterocycles. The number of aromatic nitrogens is 1. The van der Waals surface area contributed by atoms with Crippen LogP contribution in [0, 0.1) is 5.92 Å². The Morgan fingerprint density at radius 3 is 2.79 bits per heavy atom. The van der Waals surface area contributed by atoms with Crippen molar-refractivity contribution in [2.45, 2.75) is 25.3 Å². The molecule has 1 saturated carbocycles. The van der Waals surface area contributed by atoms with Crippen molar-refractivity contribution in [3.63, 3.8) is 0 Å². The van der Waals surface area contributed by atoms with E-state index in [9.17, 15) is 14.7 Å². The van der Waals surface area contributed by atoms with Gasteiger partial charge in [-0.15, -0.1) is 0 Å². The fraction of sp³-hybridized carbons (Fsp3) is 0.429. The summed E-state index contributed by atoms with van der Waals surface area (Å²) in [5.74, 6) is 0.230. The monoisotopic (exact) mass is 419 g/mol. The van der Waals surface area contributed by atoms with Crippen molar-refractivity contribution in [1.82, 2.24) is 4.57 Å². The van der Waals surface area contributed by atoms with Gasteiger partial charge < -0.3 is 23.9 Å². The standard InChI is InChI=1S/C21H22ClNO6/c1-27-5-2-6-28-20-9-19-13(7-15(20)22)16-8-18(24)14(21(25)26)10-23(16)17(11-29-19)12-3-4-12/h7-10,12,17H,2-6,11H2,1H3,(H,25,26)/t17-/m0/s1. The van der Waals surface area contributed by atoms with Crippen molar-refractivity contribution < 1.29 is 24.1 Å². The van der Waals surface area contributed by atoms with Crippen LogP contribution >= 0.6 is 11.6 Å². The summed E-state index contributed by atoms with van der Waals surface area (Å²) in [6.07, 6.45) is 4.26. The lowest BCUT2D eigenvalue weighted by molar-refractivity contribution is 0.0694. The van der Waals surface area contributed by atoms with Gasteiger partial charge in [-0.25, -0.2) is 4.79 Å². The van der Waals surface area contributed by atoms with E-state index in [-0.39, 0.29) is 11.6 Å². The molecule has 1 aliphatic carbocycles. The first kappa shape index (κ1) is 19.8. The molecule has 2 aromatic rings. The van der Waals surface area contributed by atoms with Crippen LogP contribution in [0.15, 0.2) is 29.2 Å². The number of hydrogen-bond acceptors (Lipinski definition) is 5. The normalized spacial score (nSPS) is 17.7. The Morgan fingerprint density at radius 2 is 2.10 bits per heavy atom. The van der Waals surface area contributed by atoms with Gasteiger partial charge in [0, 0.05) is 44.0 Å². The molecule has 1 aliphatic heterocycles. The second kappa shape index (κ2) is 8.08. The lowest BCUT2D eigenvalue weighted by atomic mass is 10.1. The number of fused-ring (bicyclic) bond motifs is 3. The van der Waals surface area contributed by atoms with Gasteiger partial charge in [0.25, 0.3) is 0 Å². The molecule has 0 amide bonds. The molecular weight excluding hydrogens is 398 g/mol. The summed E-state index contributed by atoms with van der Waals surface area (Å²) in [6, 6.07) is 4.77.